The molecule has 1 unspecified atom stereocenters. The Labute approximate surface area is 139 Å². The van der Waals surface area contributed by atoms with Gasteiger partial charge in [0.1, 0.15) is 5.82 Å². The summed E-state index contributed by atoms with van der Waals surface area (Å²) in [6, 6.07) is 5.49. The van der Waals surface area contributed by atoms with Crippen molar-refractivity contribution in [3.8, 4) is 0 Å². The van der Waals surface area contributed by atoms with Crippen LogP contribution < -0.4 is 0 Å². The predicted molar refractivity (Wildman–Crippen MR) is 92.2 cm³/mol. The zero-order valence-corrected chi connectivity index (χ0v) is 14.4. The maximum absolute atomic E-state index is 12.9. The number of aliphatic hydroxyl groups excluding tert-OH is 1. The second-order valence-electron chi connectivity index (χ2n) is 6.13. The number of ketones is 1. The Hall–Kier alpha value is -1.26. The zero-order chi connectivity index (χ0) is 17.1. The fourth-order valence-electron chi connectivity index (χ4n) is 2.50. The van der Waals surface area contributed by atoms with Crippen molar-refractivity contribution in [1.82, 2.24) is 4.90 Å². The Balaban J connectivity index is 2.39. The van der Waals surface area contributed by atoms with E-state index in [1.807, 2.05) is 0 Å². The van der Waals surface area contributed by atoms with Crippen LogP contribution in [0.4, 0.5) is 4.39 Å². The van der Waals surface area contributed by atoms with E-state index in [1.165, 1.54) is 24.3 Å². The summed E-state index contributed by atoms with van der Waals surface area (Å²) in [6.45, 7) is 7.27. The summed E-state index contributed by atoms with van der Waals surface area (Å²) in [5.41, 5.74) is 0.458. The first-order chi connectivity index (χ1) is 11.1. The molecule has 0 aliphatic rings. The van der Waals surface area contributed by atoms with Crippen LogP contribution in [-0.2, 0) is 0 Å². The Morgan fingerprint density at radius 2 is 1.65 bits per heavy atom. The molecule has 0 saturated heterocycles. The summed E-state index contributed by atoms with van der Waals surface area (Å²) in [5, 5.41) is 10.1. The molecule has 1 atom stereocenters. The van der Waals surface area contributed by atoms with Crippen LogP contribution in [0.1, 0.15) is 62.7 Å². The van der Waals surface area contributed by atoms with Crippen molar-refractivity contribution < 1.29 is 14.3 Å². The molecule has 0 spiro atoms. The average molecular weight is 323 g/mol. The van der Waals surface area contributed by atoms with E-state index < -0.39 is 6.10 Å². The Kier molecular flexibility index (Phi) is 9.72. The fraction of sp³-hybridized carbons (Fsp3) is 0.632. The summed E-state index contributed by atoms with van der Waals surface area (Å²) >= 11 is 0. The number of hydrogen-bond acceptors (Lipinski definition) is 3. The molecule has 0 bridgehead atoms. The van der Waals surface area contributed by atoms with Gasteiger partial charge in [0.2, 0.25) is 0 Å². The highest BCUT2D eigenvalue weighted by Crippen LogP contribution is 2.10. The largest absolute Gasteiger partial charge is 0.393 e. The maximum atomic E-state index is 12.9. The van der Waals surface area contributed by atoms with Gasteiger partial charge in [-0.05, 0) is 56.6 Å². The normalized spacial score (nSPS) is 12.6. The lowest BCUT2D eigenvalue weighted by atomic mass is 10.0. The smallest absolute Gasteiger partial charge is 0.165 e. The lowest BCUT2D eigenvalue weighted by Gasteiger charge is -2.23. The van der Waals surface area contributed by atoms with Gasteiger partial charge in [-0.1, -0.05) is 26.7 Å². The number of rotatable bonds is 12. The fourth-order valence-corrected chi connectivity index (χ4v) is 2.50. The molecule has 0 radical (unpaired) electrons. The highest BCUT2D eigenvalue weighted by Gasteiger charge is 2.14. The number of carbonyl (C=O) groups excluding carboxylic acids is 1. The van der Waals surface area contributed by atoms with Gasteiger partial charge in [0.05, 0.1) is 6.10 Å². The topological polar surface area (TPSA) is 40.5 Å². The molecule has 0 saturated carbocycles. The molecule has 1 aromatic rings. The molecule has 1 rings (SSSR count). The molecule has 130 valence electrons. The molecular weight excluding hydrogens is 293 g/mol. The van der Waals surface area contributed by atoms with Crippen LogP contribution in [0.15, 0.2) is 24.3 Å². The number of benzene rings is 1. The molecule has 0 aliphatic carbocycles. The second kappa shape index (κ2) is 11.3. The number of Topliss-reactive ketones (excluding diaryl/α,β-unsaturated/α-hetero) is 1. The third-order valence-corrected chi connectivity index (χ3v) is 4.02. The van der Waals surface area contributed by atoms with Crippen LogP contribution in [0.25, 0.3) is 0 Å². The van der Waals surface area contributed by atoms with Crippen LogP contribution >= 0.6 is 0 Å². The van der Waals surface area contributed by atoms with Crippen molar-refractivity contribution in [2.75, 3.05) is 19.6 Å². The van der Waals surface area contributed by atoms with Gasteiger partial charge in [-0.2, -0.15) is 0 Å². The van der Waals surface area contributed by atoms with Gasteiger partial charge in [0.15, 0.2) is 5.78 Å². The van der Waals surface area contributed by atoms with Crippen LogP contribution in [0.2, 0.25) is 0 Å². The number of aliphatic hydroxyl groups is 1. The predicted octanol–water partition coefficient (Wildman–Crippen LogP) is 4.05. The summed E-state index contributed by atoms with van der Waals surface area (Å²) in [4.78, 5) is 14.4. The quantitative estimate of drug-likeness (QED) is 0.590. The third-order valence-electron chi connectivity index (χ3n) is 4.02. The summed E-state index contributed by atoms with van der Waals surface area (Å²) in [6.07, 6.45) is 4.70. The van der Waals surface area contributed by atoms with Crippen LogP contribution in [-0.4, -0.2) is 41.5 Å². The van der Waals surface area contributed by atoms with E-state index >= 15 is 0 Å². The van der Waals surface area contributed by atoms with Crippen LogP contribution in [0, 0.1) is 5.82 Å². The minimum atomic E-state index is -0.640. The van der Waals surface area contributed by atoms with E-state index in [2.05, 4.69) is 18.7 Å². The van der Waals surface area contributed by atoms with Gasteiger partial charge < -0.3 is 10.0 Å². The number of nitrogens with zero attached hydrogens (tertiary/aromatic N) is 1. The Bertz CT molecular complexity index is 439. The summed E-state index contributed by atoms with van der Waals surface area (Å²) < 4.78 is 12.9. The van der Waals surface area contributed by atoms with Crippen molar-refractivity contribution >= 4 is 5.78 Å². The lowest BCUT2D eigenvalue weighted by Crippen LogP contribution is -2.30. The average Bonchev–Trinajstić information content (AvgIpc) is 2.54. The lowest BCUT2D eigenvalue weighted by molar-refractivity contribution is 0.0842. The standard InChI is InChI=1S/C19H30FNO2/c1-3-5-12-21(13-6-4-2)14-11-18(22)15-19(23)16-7-9-17(20)10-8-16/h7-10,18,22H,3-6,11-15H2,1-2H3. The van der Waals surface area contributed by atoms with E-state index in [9.17, 15) is 14.3 Å². The first-order valence-corrected chi connectivity index (χ1v) is 8.76. The minimum Gasteiger partial charge on any atom is -0.393 e. The van der Waals surface area contributed by atoms with E-state index in [4.69, 9.17) is 0 Å². The van der Waals surface area contributed by atoms with Crippen LogP contribution in [0.5, 0.6) is 0 Å². The molecule has 0 amide bonds. The Morgan fingerprint density at radius 3 is 2.17 bits per heavy atom. The first kappa shape index (κ1) is 19.8. The SMILES string of the molecule is CCCCN(CCCC)CCC(O)CC(=O)c1ccc(F)cc1. The molecule has 3 nitrogen and oxygen atoms in total. The monoisotopic (exact) mass is 323 g/mol. The highest BCUT2D eigenvalue weighted by atomic mass is 19.1. The summed E-state index contributed by atoms with van der Waals surface area (Å²) in [5.74, 6) is -0.490. The molecule has 0 aliphatic heterocycles. The Morgan fingerprint density at radius 1 is 1.09 bits per heavy atom. The summed E-state index contributed by atoms with van der Waals surface area (Å²) in [7, 11) is 0. The van der Waals surface area contributed by atoms with Crippen molar-refractivity contribution in [3.05, 3.63) is 35.6 Å². The second-order valence-corrected chi connectivity index (χ2v) is 6.13. The van der Waals surface area contributed by atoms with Gasteiger partial charge in [-0.25, -0.2) is 4.39 Å². The number of halogens is 1. The van der Waals surface area contributed by atoms with E-state index in [0.717, 1.165) is 45.3 Å². The maximum Gasteiger partial charge on any atom is 0.165 e. The zero-order valence-electron chi connectivity index (χ0n) is 14.4. The van der Waals surface area contributed by atoms with Crippen molar-refractivity contribution in [3.63, 3.8) is 0 Å². The van der Waals surface area contributed by atoms with Crippen molar-refractivity contribution in [1.29, 1.82) is 0 Å². The third kappa shape index (κ3) is 8.24. The molecule has 0 fully saturated rings. The van der Waals surface area contributed by atoms with Gasteiger partial charge in [0.25, 0.3) is 0 Å². The number of unbranched alkanes of at least 4 members (excludes halogenated alkanes) is 2. The van der Waals surface area contributed by atoms with Crippen molar-refractivity contribution in [2.24, 2.45) is 0 Å². The molecular formula is C19H30FNO2. The van der Waals surface area contributed by atoms with Gasteiger partial charge >= 0.3 is 0 Å². The van der Waals surface area contributed by atoms with E-state index in [-0.39, 0.29) is 18.0 Å². The molecule has 1 N–H and O–H groups in total. The van der Waals surface area contributed by atoms with Gasteiger partial charge in [-0.15, -0.1) is 0 Å². The van der Waals surface area contributed by atoms with E-state index in [1.54, 1.807) is 0 Å². The van der Waals surface area contributed by atoms with Crippen LogP contribution in [0.3, 0.4) is 0 Å². The molecule has 4 heteroatoms. The van der Waals surface area contributed by atoms with Gasteiger partial charge in [0, 0.05) is 18.5 Å². The molecule has 0 heterocycles. The highest BCUT2D eigenvalue weighted by molar-refractivity contribution is 5.96. The van der Waals surface area contributed by atoms with Gasteiger partial charge in [-0.3, -0.25) is 4.79 Å². The first-order valence-electron chi connectivity index (χ1n) is 8.76. The number of carbonyl (C=O) groups is 1. The van der Waals surface area contributed by atoms with Crippen molar-refractivity contribution in [2.45, 2.75) is 58.5 Å². The number of hydrogen-bond donors (Lipinski definition) is 1. The van der Waals surface area contributed by atoms with E-state index in [0.29, 0.717) is 12.0 Å². The molecule has 23 heavy (non-hydrogen) atoms. The molecule has 0 aromatic heterocycles. The minimum absolute atomic E-state index is 0.0982. The molecule has 1 aromatic carbocycles.